The van der Waals surface area contributed by atoms with E-state index in [9.17, 15) is 0 Å². The fourth-order valence-corrected chi connectivity index (χ4v) is 4.00. The molecule has 2 rings (SSSR count). The summed E-state index contributed by atoms with van der Waals surface area (Å²) in [5.74, 6) is 0.577. The van der Waals surface area contributed by atoms with Gasteiger partial charge in [0, 0.05) is 29.8 Å². The van der Waals surface area contributed by atoms with Crippen LogP contribution < -0.4 is 0 Å². The second-order valence-corrected chi connectivity index (χ2v) is 5.38. The summed E-state index contributed by atoms with van der Waals surface area (Å²) < 4.78 is 2.55. The first kappa shape index (κ1) is 10.1. The lowest BCUT2D eigenvalue weighted by Gasteiger charge is -2.00. The molecule has 0 aliphatic rings. The van der Waals surface area contributed by atoms with Crippen LogP contribution in [0.1, 0.15) is 5.56 Å². The number of benzene rings is 1. The zero-order chi connectivity index (χ0) is 9.42. The quantitative estimate of drug-likeness (QED) is 0.440. The Morgan fingerprint density at radius 1 is 1.46 bits per heavy atom. The van der Waals surface area contributed by atoms with Crippen molar-refractivity contribution in [3.63, 3.8) is 0 Å². The van der Waals surface area contributed by atoms with Crippen molar-refractivity contribution in [2.75, 3.05) is 0 Å². The summed E-state index contributed by atoms with van der Waals surface area (Å²) in [6.07, 6.45) is 0. The van der Waals surface area contributed by atoms with Gasteiger partial charge in [-0.15, -0.1) is 35.6 Å². The SMILES string of the molecule is Sc1csc2c(I)c(CCl)ccc12. The third kappa shape index (κ3) is 1.71. The van der Waals surface area contributed by atoms with E-state index >= 15 is 0 Å². The van der Waals surface area contributed by atoms with Crippen LogP contribution in [0, 0.1) is 3.57 Å². The average molecular weight is 341 g/mol. The normalized spacial score (nSPS) is 11.0. The summed E-state index contributed by atoms with van der Waals surface area (Å²) in [4.78, 5) is 1.05. The van der Waals surface area contributed by atoms with E-state index < -0.39 is 0 Å². The molecule has 0 saturated carbocycles. The predicted molar refractivity (Wildman–Crippen MR) is 71.4 cm³/mol. The van der Waals surface area contributed by atoms with E-state index in [0.717, 1.165) is 4.90 Å². The second-order valence-electron chi connectivity index (χ2n) is 2.67. The van der Waals surface area contributed by atoms with E-state index in [2.05, 4.69) is 52.7 Å². The Bertz CT molecular complexity index is 450. The number of rotatable bonds is 1. The molecule has 0 spiro atoms. The molecule has 0 atom stereocenters. The first-order chi connectivity index (χ1) is 6.24. The monoisotopic (exact) mass is 340 g/mol. The highest BCUT2D eigenvalue weighted by atomic mass is 127. The summed E-state index contributed by atoms with van der Waals surface area (Å²) >= 11 is 14.3. The minimum Gasteiger partial charge on any atom is -0.142 e. The van der Waals surface area contributed by atoms with Crippen LogP contribution in [0.2, 0.25) is 0 Å². The molecule has 0 saturated heterocycles. The minimum atomic E-state index is 0.577. The lowest BCUT2D eigenvalue weighted by Crippen LogP contribution is -1.83. The molecule has 0 amide bonds. The molecule has 0 fully saturated rings. The number of hydrogen-bond acceptors (Lipinski definition) is 2. The molecule has 68 valence electrons. The maximum Gasteiger partial charge on any atom is 0.0491 e. The third-order valence-corrected chi connectivity index (χ3v) is 5.33. The molecule has 0 N–H and O–H groups in total. The average Bonchev–Trinajstić information content (AvgIpc) is 2.50. The summed E-state index contributed by atoms with van der Waals surface area (Å²) in [6.45, 7) is 0. The summed E-state index contributed by atoms with van der Waals surface area (Å²) in [5.41, 5.74) is 1.20. The highest BCUT2D eigenvalue weighted by molar-refractivity contribution is 14.1. The number of thiophene rings is 1. The summed E-state index contributed by atoms with van der Waals surface area (Å²) in [7, 11) is 0. The van der Waals surface area contributed by atoms with Crippen molar-refractivity contribution in [1.82, 2.24) is 0 Å². The lowest BCUT2D eigenvalue weighted by molar-refractivity contribution is 1.40. The molecule has 1 heterocycles. The van der Waals surface area contributed by atoms with Crippen molar-refractivity contribution in [2.45, 2.75) is 10.8 Å². The lowest BCUT2D eigenvalue weighted by atomic mass is 10.2. The first-order valence-electron chi connectivity index (χ1n) is 3.67. The number of halogens is 2. The molecule has 0 radical (unpaired) electrons. The zero-order valence-electron chi connectivity index (χ0n) is 6.55. The smallest absolute Gasteiger partial charge is 0.0491 e. The summed E-state index contributed by atoms with van der Waals surface area (Å²) in [5, 5.41) is 3.29. The van der Waals surface area contributed by atoms with Gasteiger partial charge in [-0.2, -0.15) is 0 Å². The number of alkyl halides is 1. The van der Waals surface area contributed by atoms with Crippen molar-refractivity contribution in [2.24, 2.45) is 0 Å². The minimum absolute atomic E-state index is 0.577. The van der Waals surface area contributed by atoms with Crippen molar-refractivity contribution < 1.29 is 0 Å². The highest BCUT2D eigenvalue weighted by Crippen LogP contribution is 2.34. The molecule has 0 nitrogen and oxygen atoms in total. The van der Waals surface area contributed by atoms with Crippen LogP contribution in [0.4, 0.5) is 0 Å². The van der Waals surface area contributed by atoms with Crippen LogP contribution in [0.5, 0.6) is 0 Å². The molecule has 1 aromatic carbocycles. The van der Waals surface area contributed by atoms with Crippen molar-refractivity contribution in [1.29, 1.82) is 0 Å². The van der Waals surface area contributed by atoms with Crippen LogP contribution in [0.15, 0.2) is 22.4 Å². The molecular weight excluding hydrogens is 335 g/mol. The molecular formula is C9H6ClIS2. The van der Waals surface area contributed by atoms with Gasteiger partial charge in [-0.3, -0.25) is 0 Å². The Kier molecular flexibility index (Phi) is 3.07. The van der Waals surface area contributed by atoms with Crippen LogP contribution in [0.25, 0.3) is 10.1 Å². The van der Waals surface area contributed by atoms with E-state index in [1.165, 1.54) is 19.2 Å². The van der Waals surface area contributed by atoms with Crippen LogP contribution in [-0.4, -0.2) is 0 Å². The van der Waals surface area contributed by atoms with Gasteiger partial charge in [0.15, 0.2) is 0 Å². The van der Waals surface area contributed by atoms with Gasteiger partial charge in [0.1, 0.15) is 0 Å². The fourth-order valence-electron chi connectivity index (χ4n) is 1.20. The van der Waals surface area contributed by atoms with E-state index in [1.807, 2.05) is 0 Å². The van der Waals surface area contributed by atoms with E-state index in [0.29, 0.717) is 5.88 Å². The van der Waals surface area contributed by atoms with Crippen LogP contribution >= 0.6 is 58.2 Å². The number of thiol groups is 1. The molecule has 0 aliphatic carbocycles. The number of fused-ring (bicyclic) bond motifs is 1. The standard InChI is InChI=1S/C9H6ClIS2/c10-3-5-1-2-6-7(12)4-13-9(6)8(5)11/h1-2,4,12H,3H2. The first-order valence-corrected chi connectivity index (χ1v) is 6.61. The van der Waals surface area contributed by atoms with Gasteiger partial charge in [0.2, 0.25) is 0 Å². The fraction of sp³-hybridized carbons (Fsp3) is 0.111. The van der Waals surface area contributed by atoms with E-state index in [1.54, 1.807) is 11.3 Å². The van der Waals surface area contributed by atoms with Gasteiger partial charge >= 0.3 is 0 Å². The van der Waals surface area contributed by atoms with Gasteiger partial charge in [-0.05, 0) is 28.2 Å². The van der Waals surface area contributed by atoms with Crippen molar-refractivity contribution >= 4 is 68.2 Å². The van der Waals surface area contributed by atoms with Gasteiger partial charge in [0.25, 0.3) is 0 Å². The Hall–Kier alpha value is 0.550. The molecule has 0 aliphatic heterocycles. The van der Waals surface area contributed by atoms with Gasteiger partial charge in [0.05, 0.1) is 0 Å². The third-order valence-electron chi connectivity index (χ3n) is 1.89. The van der Waals surface area contributed by atoms with Crippen LogP contribution in [-0.2, 0) is 5.88 Å². The highest BCUT2D eigenvalue weighted by Gasteiger charge is 2.07. The van der Waals surface area contributed by atoms with Gasteiger partial charge in [-0.1, -0.05) is 12.1 Å². The second kappa shape index (κ2) is 3.96. The molecule has 0 bridgehead atoms. The van der Waals surface area contributed by atoms with Crippen molar-refractivity contribution in [3.05, 3.63) is 26.6 Å². The maximum absolute atomic E-state index is 5.82. The molecule has 2 aromatic rings. The Morgan fingerprint density at radius 3 is 2.92 bits per heavy atom. The number of hydrogen-bond donors (Lipinski definition) is 1. The largest absolute Gasteiger partial charge is 0.142 e. The topological polar surface area (TPSA) is 0 Å². The summed E-state index contributed by atoms with van der Waals surface area (Å²) in [6, 6.07) is 4.16. The molecule has 1 aromatic heterocycles. The van der Waals surface area contributed by atoms with Gasteiger partial charge in [-0.25, -0.2) is 0 Å². The predicted octanol–water partition coefficient (Wildman–Crippen LogP) is 4.53. The van der Waals surface area contributed by atoms with Crippen LogP contribution in [0.3, 0.4) is 0 Å². The molecule has 4 heteroatoms. The Labute approximate surface area is 105 Å². The Balaban J connectivity index is 2.80. The molecule has 13 heavy (non-hydrogen) atoms. The van der Waals surface area contributed by atoms with Gasteiger partial charge < -0.3 is 0 Å². The Morgan fingerprint density at radius 2 is 2.23 bits per heavy atom. The van der Waals surface area contributed by atoms with E-state index in [-0.39, 0.29) is 0 Å². The van der Waals surface area contributed by atoms with E-state index in [4.69, 9.17) is 11.6 Å². The maximum atomic E-state index is 5.82. The van der Waals surface area contributed by atoms with Crippen molar-refractivity contribution in [3.8, 4) is 0 Å². The molecule has 0 unspecified atom stereocenters. The zero-order valence-corrected chi connectivity index (χ0v) is 11.2.